The van der Waals surface area contributed by atoms with Gasteiger partial charge in [0.1, 0.15) is 0 Å². The molecule has 0 saturated carbocycles. The van der Waals surface area contributed by atoms with E-state index in [4.69, 9.17) is 11.6 Å². The Hall–Kier alpha value is -1.32. The second-order valence-corrected chi connectivity index (χ2v) is 5.59. The minimum absolute atomic E-state index is 0.650. The van der Waals surface area contributed by atoms with Crippen molar-refractivity contribution >= 4 is 39.5 Å². The lowest BCUT2D eigenvalue weighted by Gasteiger charge is -2.22. The topological polar surface area (TPSA) is 20.3 Å². The van der Waals surface area contributed by atoms with Crippen LogP contribution in [0.4, 0.5) is 5.69 Å². The lowest BCUT2D eigenvalue weighted by atomic mass is 10.1. The van der Waals surface area contributed by atoms with Gasteiger partial charge >= 0.3 is 0 Å². The van der Waals surface area contributed by atoms with Crippen LogP contribution in [0.15, 0.2) is 46.9 Å². The van der Waals surface area contributed by atoms with Crippen molar-refractivity contribution in [2.75, 3.05) is 11.9 Å². The van der Waals surface area contributed by atoms with E-state index in [1.165, 1.54) is 0 Å². The van der Waals surface area contributed by atoms with E-state index in [1.807, 2.05) is 48.3 Å². The van der Waals surface area contributed by atoms with Crippen molar-refractivity contribution in [3.63, 3.8) is 0 Å². The van der Waals surface area contributed by atoms with Gasteiger partial charge in [0.2, 0.25) is 0 Å². The summed E-state index contributed by atoms with van der Waals surface area (Å²) in [5.41, 5.74) is 2.57. The van der Waals surface area contributed by atoms with E-state index in [0.717, 1.165) is 27.0 Å². The highest BCUT2D eigenvalue weighted by atomic mass is 79.9. The van der Waals surface area contributed by atoms with E-state index in [2.05, 4.69) is 15.9 Å². The molecule has 0 bridgehead atoms. The minimum atomic E-state index is 0.650. The molecular formula is C15H13BrClNO. The second kappa shape index (κ2) is 6.22. The first kappa shape index (κ1) is 14.1. The van der Waals surface area contributed by atoms with Crippen molar-refractivity contribution in [1.82, 2.24) is 0 Å². The maximum absolute atomic E-state index is 11.1. The maximum Gasteiger partial charge on any atom is 0.152 e. The van der Waals surface area contributed by atoms with E-state index < -0.39 is 0 Å². The highest BCUT2D eigenvalue weighted by Gasteiger charge is 2.09. The zero-order chi connectivity index (χ0) is 13.8. The number of nitrogens with zero attached hydrogens (tertiary/aromatic N) is 1. The number of halogens is 2. The molecule has 0 radical (unpaired) electrons. The van der Waals surface area contributed by atoms with Gasteiger partial charge < -0.3 is 4.90 Å². The van der Waals surface area contributed by atoms with E-state index in [1.54, 1.807) is 6.07 Å². The van der Waals surface area contributed by atoms with Gasteiger partial charge in [-0.1, -0.05) is 45.7 Å². The summed E-state index contributed by atoms with van der Waals surface area (Å²) in [5.74, 6) is 0. The van der Waals surface area contributed by atoms with Crippen molar-refractivity contribution in [3.05, 3.63) is 63.1 Å². The zero-order valence-electron chi connectivity index (χ0n) is 10.4. The summed E-state index contributed by atoms with van der Waals surface area (Å²) in [6.45, 7) is 0.650. The molecule has 0 N–H and O–H groups in total. The molecule has 0 aliphatic carbocycles. The molecule has 0 fully saturated rings. The van der Waals surface area contributed by atoms with Gasteiger partial charge in [-0.05, 0) is 29.8 Å². The number of hydrogen-bond acceptors (Lipinski definition) is 2. The first-order valence-corrected chi connectivity index (χ1v) is 6.98. The SMILES string of the molecule is CN(Cc1ccccc1Cl)c1cc(Br)ccc1C=O. The van der Waals surface area contributed by atoms with Crippen LogP contribution in [-0.4, -0.2) is 13.3 Å². The van der Waals surface area contributed by atoms with E-state index >= 15 is 0 Å². The number of carbonyl (C=O) groups excluding carboxylic acids is 1. The maximum atomic E-state index is 11.1. The molecule has 0 aromatic heterocycles. The smallest absolute Gasteiger partial charge is 0.152 e. The molecule has 2 aromatic carbocycles. The summed E-state index contributed by atoms with van der Waals surface area (Å²) in [6, 6.07) is 13.3. The Kier molecular flexibility index (Phi) is 4.61. The molecule has 0 heterocycles. The molecule has 0 amide bonds. The van der Waals surface area contributed by atoms with Crippen LogP contribution < -0.4 is 4.90 Å². The first-order valence-electron chi connectivity index (χ1n) is 5.81. The normalized spacial score (nSPS) is 10.3. The third kappa shape index (κ3) is 3.37. The number of aldehydes is 1. The summed E-state index contributed by atoms with van der Waals surface area (Å²) in [5, 5.41) is 0.733. The van der Waals surface area contributed by atoms with Gasteiger partial charge in [0.25, 0.3) is 0 Å². The zero-order valence-corrected chi connectivity index (χ0v) is 12.8. The average molecular weight is 339 g/mol. The molecule has 0 saturated heterocycles. The summed E-state index contributed by atoms with van der Waals surface area (Å²) < 4.78 is 0.944. The molecular weight excluding hydrogens is 326 g/mol. The minimum Gasteiger partial charge on any atom is -0.370 e. The van der Waals surface area contributed by atoms with E-state index in [-0.39, 0.29) is 0 Å². The standard InChI is InChI=1S/C15H13BrClNO/c1-18(9-11-4-2-3-5-14(11)17)15-8-13(16)7-6-12(15)10-19/h2-8,10H,9H2,1H3. The molecule has 2 rings (SSSR count). The van der Waals surface area contributed by atoms with E-state index in [0.29, 0.717) is 12.1 Å². The lowest BCUT2D eigenvalue weighted by Crippen LogP contribution is -2.18. The van der Waals surface area contributed by atoms with Gasteiger partial charge in [0.15, 0.2) is 6.29 Å². The third-order valence-corrected chi connectivity index (χ3v) is 3.76. The van der Waals surface area contributed by atoms with Crippen LogP contribution in [0.3, 0.4) is 0 Å². The van der Waals surface area contributed by atoms with Gasteiger partial charge in [-0.15, -0.1) is 0 Å². The summed E-state index contributed by atoms with van der Waals surface area (Å²) in [6.07, 6.45) is 0.866. The Balaban J connectivity index is 2.30. The summed E-state index contributed by atoms with van der Waals surface area (Å²) in [4.78, 5) is 13.1. The number of carbonyl (C=O) groups is 1. The quantitative estimate of drug-likeness (QED) is 0.762. The van der Waals surface area contributed by atoms with Crippen molar-refractivity contribution in [2.24, 2.45) is 0 Å². The highest BCUT2D eigenvalue weighted by molar-refractivity contribution is 9.10. The number of benzene rings is 2. The van der Waals surface area contributed by atoms with Crippen LogP contribution in [-0.2, 0) is 6.54 Å². The molecule has 98 valence electrons. The fourth-order valence-electron chi connectivity index (χ4n) is 1.91. The van der Waals surface area contributed by atoms with Gasteiger partial charge in [-0.2, -0.15) is 0 Å². The number of rotatable bonds is 4. The molecule has 2 nitrogen and oxygen atoms in total. The van der Waals surface area contributed by atoms with Crippen LogP contribution in [0.5, 0.6) is 0 Å². The number of hydrogen-bond donors (Lipinski definition) is 0. The molecule has 0 unspecified atom stereocenters. The monoisotopic (exact) mass is 337 g/mol. The summed E-state index contributed by atoms with van der Waals surface area (Å²) in [7, 11) is 1.94. The second-order valence-electron chi connectivity index (χ2n) is 4.27. The van der Waals surface area contributed by atoms with Crippen molar-refractivity contribution < 1.29 is 4.79 Å². The van der Waals surface area contributed by atoms with Crippen LogP contribution in [0, 0.1) is 0 Å². The first-order chi connectivity index (χ1) is 9.11. The van der Waals surface area contributed by atoms with Crippen molar-refractivity contribution in [1.29, 1.82) is 0 Å². The largest absolute Gasteiger partial charge is 0.370 e. The molecule has 0 aliphatic rings. The highest BCUT2D eigenvalue weighted by Crippen LogP contribution is 2.26. The fraction of sp³-hybridized carbons (Fsp3) is 0.133. The average Bonchev–Trinajstić information content (AvgIpc) is 2.41. The van der Waals surface area contributed by atoms with Crippen molar-refractivity contribution in [2.45, 2.75) is 6.54 Å². The van der Waals surface area contributed by atoms with Crippen LogP contribution in [0.1, 0.15) is 15.9 Å². The molecule has 19 heavy (non-hydrogen) atoms. The molecule has 0 aliphatic heterocycles. The molecule has 0 spiro atoms. The Morgan fingerprint density at radius 3 is 2.68 bits per heavy atom. The third-order valence-electron chi connectivity index (χ3n) is 2.90. The summed E-state index contributed by atoms with van der Waals surface area (Å²) >= 11 is 9.58. The Labute approximate surface area is 126 Å². The Bertz CT molecular complexity index is 600. The Morgan fingerprint density at radius 1 is 1.26 bits per heavy atom. The lowest BCUT2D eigenvalue weighted by molar-refractivity contribution is 0.112. The van der Waals surface area contributed by atoms with Gasteiger partial charge in [-0.25, -0.2) is 0 Å². The fourth-order valence-corrected chi connectivity index (χ4v) is 2.46. The molecule has 2 aromatic rings. The Morgan fingerprint density at radius 2 is 2.00 bits per heavy atom. The van der Waals surface area contributed by atoms with Gasteiger partial charge in [0.05, 0.1) is 0 Å². The predicted molar refractivity (Wildman–Crippen MR) is 83.1 cm³/mol. The van der Waals surface area contributed by atoms with E-state index in [9.17, 15) is 4.79 Å². The molecule has 4 heteroatoms. The van der Waals surface area contributed by atoms with Crippen molar-refractivity contribution in [3.8, 4) is 0 Å². The number of anilines is 1. The van der Waals surface area contributed by atoms with Gasteiger partial charge in [-0.3, -0.25) is 4.79 Å². The van der Waals surface area contributed by atoms with Gasteiger partial charge in [0, 0.05) is 34.3 Å². The molecule has 0 atom stereocenters. The predicted octanol–water partition coefficient (Wildman–Crippen LogP) is 4.55. The van der Waals surface area contributed by atoms with Crippen LogP contribution in [0.2, 0.25) is 5.02 Å². The van der Waals surface area contributed by atoms with Crippen LogP contribution in [0.25, 0.3) is 0 Å². The van der Waals surface area contributed by atoms with Crippen LogP contribution >= 0.6 is 27.5 Å².